The topological polar surface area (TPSA) is 58.7 Å². The largest absolute Gasteiger partial charge is 0.389 e. The number of hydrogen-bond donors (Lipinski definition) is 2. The molecule has 0 spiro atoms. The van der Waals surface area contributed by atoms with Crippen molar-refractivity contribution in [2.45, 2.75) is 38.3 Å². The standard InChI is InChI=1S/C13H26N2O2/c1-2-17-9-11(16)7-15-6-10-4-3-5-13(14)12(10)8-15/h10-13,16H,2-9,14H2,1H3. The second kappa shape index (κ2) is 6.14. The molecule has 4 heteroatoms. The first-order valence-corrected chi connectivity index (χ1v) is 6.94. The molecule has 1 aliphatic heterocycles. The Kier molecular flexibility index (Phi) is 4.79. The second-order valence-corrected chi connectivity index (χ2v) is 5.55. The third-order valence-corrected chi connectivity index (χ3v) is 4.21. The van der Waals surface area contributed by atoms with Crippen LogP contribution in [0, 0.1) is 11.8 Å². The number of aliphatic hydroxyl groups is 1. The smallest absolute Gasteiger partial charge is 0.0900 e. The summed E-state index contributed by atoms with van der Waals surface area (Å²) in [6.07, 6.45) is 3.41. The van der Waals surface area contributed by atoms with Crippen LogP contribution in [0.4, 0.5) is 0 Å². The minimum absolute atomic E-state index is 0.355. The van der Waals surface area contributed by atoms with Crippen LogP contribution in [0.25, 0.3) is 0 Å². The van der Waals surface area contributed by atoms with Crippen molar-refractivity contribution in [3.05, 3.63) is 0 Å². The molecule has 1 heterocycles. The Morgan fingerprint density at radius 3 is 2.94 bits per heavy atom. The van der Waals surface area contributed by atoms with Crippen molar-refractivity contribution in [3.63, 3.8) is 0 Å². The number of ether oxygens (including phenoxy) is 1. The maximum atomic E-state index is 9.84. The molecule has 2 rings (SSSR count). The molecule has 0 bridgehead atoms. The Morgan fingerprint density at radius 2 is 2.24 bits per heavy atom. The van der Waals surface area contributed by atoms with Crippen molar-refractivity contribution in [2.75, 3.05) is 32.8 Å². The van der Waals surface area contributed by atoms with Crippen LogP contribution >= 0.6 is 0 Å². The Morgan fingerprint density at radius 1 is 1.41 bits per heavy atom. The number of nitrogens with zero attached hydrogens (tertiary/aromatic N) is 1. The van der Waals surface area contributed by atoms with E-state index < -0.39 is 0 Å². The predicted octanol–water partition coefficient (Wildman–Crippen LogP) is 0.443. The van der Waals surface area contributed by atoms with E-state index in [0.717, 1.165) is 25.6 Å². The lowest BCUT2D eigenvalue weighted by Gasteiger charge is -2.29. The monoisotopic (exact) mass is 242 g/mol. The van der Waals surface area contributed by atoms with Crippen LogP contribution in [0.5, 0.6) is 0 Å². The number of fused-ring (bicyclic) bond motifs is 1. The zero-order valence-electron chi connectivity index (χ0n) is 10.8. The summed E-state index contributed by atoms with van der Waals surface area (Å²) in [4.78, 5) is 2.37. The van der Waals surface area contributed by atoms with Gasteiger partial charge in [0.05, 0.1) is 12.7 Å². The van der Waals surface area contributed by atoms with E-state index in [4.69, 9.17) is 10.5 Å². The molecule has 0 radical (unpaired) electrons. The molecular formula is C13H26N2O2. The summed E-state index contributed by atoms with van der Waals surface area (Å²) < 4.78 is 5.24. The molecule has 4 nitrogen and oxygen atoms in total. The lowest BCUT2D eigenvalue weighted by Crippen LogP contribution is -2.38. The van der Waals surface area contributed by atoms with Crippen molar-refractivity contribution in [1.82, 2.24) is 4.90 Å². The van der Waals surface area contributed by atoms with Gasteiger partial charge in [-0.15, -0.1) is 0 Å². The van der Waals surface area contributed by atoms with Gasteiger partial charge in [-0.3, -0.25) is 0 Å². The molecule has 3 N–H and O–H groups in total. The molecule has 1 saturated carbocycles. The minimum atomic E-state index is -0.355. The molecule has 1 aliphatic carbocycles. The van der Waals surface area contributed by atoms with Gasteiger partial charge in [0, 0.05) is 32.3 Å². The maximum absolute atomic E-state index is 9.84. The van der Waals surface area contributed by atoms with Crippen molar-refractivity contribution in [1.29, 1.82) is 0 Å². The van der Waals surface area contributed by atoms with Gasteiger partial charge < -0.3 is 20.5 Å². The van der Waals surface area contributed by atoms with E-state index in [1.54, 1.807) is 0 Å². The van der Waals surface area contributed by atoms with Crippen LogP contribution in [0.15, 0.2) is 0 Å². The van der Waals surface area contributed by atoms with Crippen LogP contribution in [-0.2, 0) is 4.74 Å². The average Bonchev–Trinajstić information content (AvgIpc) is 2.70. The van der Waals surface area contributed by atoms with Crippen molar-refractivity contribution < 1.29 is 9.84 Å². The van der Waals surface area contributed by atoms with Gasteiger partial charge in [-0.2, -0.15) is 0 Å². The molecule has 0 aromatic rings. The van der Waals surface area contributed by atoms with Crippen LogP contribution < -0.4 is 5.73 Å². The van der Waals surface area contributed by atoms with Crippen LogP contribution in [0.2, 0.25) is 0 Å². The average molecular weight is 242 g/mol. The van der Waals surface area contributed by atoms with Gasteiger partial charge in [-0.05, 0) is 31.6 Å². The van der Waals surface area contributed by atoms with Crippen molar-refractivity contribution >= 4 is 0 Å². The second-order valence-electron chi connectivity index (χ2n) is 5.55. The molecule has 0 amide bonds. The third-order valence-electron chi connectivity index (χ3n) is 4.21. The van der Waals surface area contributed by atoms with Gasteiger partial charge in [-0.25, -0.2) is 0 Å². The fraction of sp³-hybridized carbons (Fsp3) is 1.00. The first-order valence-electron chi connectivity index (χ1n) is 6.94. The highest BCUT2D eigenvalue weighted by molar-refractivity contribution is 4.93. The summed E-state index contributed by atoms with van der Waals surface area (Å²) >= 11 is 0. The molecule has 0 aromatic heterocycles. The van der Waals surface area contributed by atoms with Gasteiger partial charge in [-0.1, -0.05) is 6.42 Å². The maximum Gasteiger partial charge on any atom is 0.0900 e. The number of nitrogens with two attached hydrogens (primary N) is 1. The quantitative estimate of drug-likeness (QED) is 0.734. The van der Waals surface area contributed by atoms with Crippen LogP contribution in [0.1, 0.15) is 26.2 Å². The summed E-state index contributed by atoms with van der Waals surface area (Å²) in [5, 5.41) is 9.84. The van der Waals surface area contributed by atoms with E-state index >= 15 is 0 Å². The van der Waals surface area contributed by atoms with Gasteiger partial charge >= 0.3 is 0 Å². The predicted molar refractivity (Wildman–Crippen MR) is 67.7 cm³/mol. The molecule has 4 unspecified atom stereocenters. The molecule has 2 fully saturated rings. The lowest BCUT2D eigenvalue weighted by molar-refractivity contribution is 0.0242. The first-order chi connectivity index (χ1) is 8.20. The minimum Gasteiger partial charge on any atom is -0.389 e. The molecule has 1 saturated heterocycles. The fourth-order valence-electron chi connectivity index (χ4n) is 3.36. The van der Waals surface area contributed by atoms with E-state index in [-0.39, 0.29) is 6.10 Å². The van der Waals surface area contributed by atoms with E-state index in [1.165, 1.54) is 19.3 Å². The van der Waals surface area contributed by atoms with Crippen LogP contribution in [0.3, 0.4) is 0 Å². The fourth-order valence-corrected chi connectivity index (χ4v) is 3.36. The molecule has 100 valence electrons. The van der Waals surface area contributed by atoms with Gasteiger partial charge in [0.1, 0.15) is 0 Å². The highest BCUT2D eigenvalue weighted by Crippen LogP contribution is 2.35. The summed E-state index contributed by atoms with van der Waals surface area (Å²) in [7, 11) is 0. The highest BCUT2D eigenvalue weighted by Gasteiger charge is 2.38. The summed E-state index contributed by atoms with van der Waals surface area (Å²) in [5.74, 6) is 1.42. The van der Waals surface area contributed by atoms with E-state index in [1.807, 2.05) is 6.92 Å². The Balaban J connectivity index is 1.76. The highest BCUT2D eigenvalue weighted by atomic mass is 16.5. The summed E-state index contributed by atoms with van der Waals surface area (Å²) in [5.41, 5.74) is 6.18. The summed E-state index contributed by atoms with van der Waals surface area (Å²) in [6.45, 7) is 5.99. The number of rotatable bonds is 5. The van der Waals surface area contributed by atoms with Crippen molar-refractivity contribution in [2.24, 2.45) is 17.6 Å². The van der Waals surface area contributed by atoms with Gasteiger partial charge in [0.2, 0.25) is 0 Å². The van der Waals surface area contributed by atoms with E-state index in [2.05, 4.69) is 4.90 Å². The van der Waals surface area contributed by atoms with E-state index in [9.17, 15) is 5.11 Å². The summed E-state index contributed by atoms with van der Waals surface area (Å²) in [6, 6.07) is 0.378. The Bertz CT molecular complexity index is 237. The zero-order valence-corrected chi connectivity index (χ0v) is 10.8. The number of likely N-dealkylation sites (tertiary alicyclic amines) is 1. The SMILES string of the molecule is CCOCC(O)CN1CC2CCCC(N)C2C1. The third kappa shape index (κ3) is 3.41. The molecular weight excluding hydrogens is 216 g/mol. The first kappa shape index (κ1) is 13.3. The van der Waals surface area contributed by atoms with Gasteiger partial charge in [0.15, 0.2) is 0 Å². The molecule has 4 atom stereocenters. The lowest BCUT2D eigenvalue weighted by atomic mass is 9.78. The number of hydrogen-bond acceptors (Lipinski definition) is 4. The van der Waals surface area contributed by atoms with E-state index in [0.29, 0.717) is 25.2 Å². The number of β-amino-alcohol motifs (C(OH)–C–C–N with tert-alkyl or cyclic N) is 1. The van der Waals surface area contributed by atoms with Gasteiger partial charge in [0.25, 0.3) is 0 Å². The van der Waals surface area contributed by atoms with Crippen LogP contribution in [-0.4, -0.2) is 55.0 Å². The molecule has 0 aromatic carbocycles. The molecule has 2 aliphatic rings. The Labute approximate surface area is 104 Å². The normalized spacial score (nSPS) is 35.8. The van der Waals surface area contributed by atoms with Crippen molar-refractivity contribution in [3.8, 4) is 0 Å². The Hall–Kier alpha value is -0.160. The number of aliphatic hydroxyl groups excluding tert-OH is 1. The zero-order chi connectivity index (χ0) is 12.3. The molecule has 17 heavy (non-hydrogen) atoms.